The van der Waals surface area contributed by atoms with Gasteiger partial charge in [0.1, 0.15) is 5.75 Å². The maximum atomic E-state index is 12.1. The number of hydrogen-bond donors (Lipinski definition) is 2. The number of amides is 1. The molecular formula is C20H27IN4O2. The van der Waals surface area contributed by atoms with Gasteiger partial charge in [-0.05, 0) is 36.8 Å². The highest BCUT2D eigenvalue weighted by atomic mass is 127. The van der Waals surface area contributed by atoms with E-state index in [-0.39, 0.29) is 36.4 Å². The molecule has 2 aromatic rings. The lowest BCUT2D eigenvalue weighted by Gasteiger charge is -2.22. The molecular weight excluding hydrogens is 455 g/mol. The number of halogens is 1. The van der Waals surface area contributed by atoms with E-state index in [2.05, 4.69) is 15.6 Å². The average Bonchev–Trinajstić information content (AvgIpc) is 2.65. The van der Waals surface area contributed by atoms with Gasteiger partial charge in [0, 0.05) is 26.3 Å². The molecule has 0 atom stereocenters. The van der Waals surface area contributed by atoms with E-state index >= 15 is 0 Å². The van der Waals surface area contributed by atoms with Crippen LogP contribution < -0.4 is 15.4 Å². The van der Waals surface area contributed by atoms with E-state index in [0.29, 0.717) is 19.1 Å². The zero-order valence-electron chi connectivity index (χ0n) is 15.9. The second-order valence-corrected chi connectivity index (χ2v) is 5.75. The number of ether oxygens (including phenoxy) is 1. The van der Waals surface area contributed by atoms with E-state index < -0.39 is 0 Å². The van der Waals surface area contributed by atoms with Gasteiger partial charge < -0.3 is 20.3 Å². The van der Waals surface area contributed by atoms with E-state index in [1.807, 2.05) is 73.5 Å². The molecule has 0 aliphatic rings. The molecule has 0 bridgehead atoms. The molecule has 0 fully saturated rings. The van der Waals surface area contributed by atoms with Gasteiger partial charge in [0.2, 0.25) is 5.91 Å². The average molecular weight is 482 g/mol. The van der Waals surface area contributed by atoms with Gasteiger partial charge in [-0.2, -0.15) is 0 Å². The number of carbonyl (C=O) groups excluding carboxylic acids is 1. The zero-order chi connectivity index (χ0) is 18.8. The predicted octanol–water partition coefficient (Wildman–Crippen LogP) is 3.35. The Morgan fingerprint density at radius 1 is 1.11 bits per heavy atom. The van der Waals surface area contributed by atoms with Gasteiger partial charge in [-0.15, -0.1) is 24.0 Å². The second kappa shape index (κ2) is 12.2. The number of nitrogens with zero attached hydrogens (tertiary/aromatic N) is 2. The quantitative estimate of drug-likeness (QED) is 0.361. The summed E-state index contributed by atoms with van der Waals surface area (Å²) in [5.41, 5.74) is 1.91. The maximum Gasteiger partial charge on any atom is 0.243 e. The third-order valence-corrected chi connectivity index (χ3v) is 3.69. The van der Waals surface area contributed by atoms with Crippen molar-refractivity contribution in [2.75, 3.05) is 32.6 Å². The largest absolute Gasteiger partial charge is 0.494 e. The van der Waals surface area contributed by atoms with E-state index in [1.165, 1.54) is 0 Å². The summed E-state index contributed by atoms with van der Waals surface area (Å²) in [6.45, 7) is 3.44. The van der Waals surface area contributed by atoms with Crippen molar-refractivity contribution in [2.24, 2.45) is 4.99 Å². The monoisotopic (exact) mass is 482 g/mol. The van der Waals surface area contributed by atoms with Crippen molar-refractivity contribution < 1.29 is 9.53 Å². The summed E-state index contributed by atoms with van der Waals surface area (Å²) in [6.07, 6.45) is 0. The highest BCUT2D eigenvalue weighted by molar-refractivity contribution is 14.0. The van der Waals surface area contributed by atoms with Crippen LogP contribution in [0.2, 0.25) is 0 Å². The molecule has 0 unspecified atom stereocenters. The van der Waals surface area contributed by atoms with Gasteiger partial charge in [-0.1, -0.05) is 30.3 Å². The summed E-state index contributed by atoms with van der Waals surface area (Å²) < 4.78 is 5.45. The van der Waals surface area contributed by atoms with Crippen LogP contribution in [0.4, 0.5) is 5.69 Å². The smallest absolute Gasteiger partial charge is 0.243 e. The molecule has 7 heteroatoms. The molecule has 0 aliphatic carbocycles. The minimum Gasteiger partial charge on any atom is -0.494 e. The Labute approximate surface area is 178 Å². The molecule has 2 rings (SSSR count). The van der Waals surface area contributed by atoms with Crippen molar-refractivity contribution in [3.63, 3.8) is 0 Å². The number of anilines is 1. The first-order valence-electron chi connectivity index (χ1n) is 8.60. The van der Waals surface area contributed by atoms with Gasteiger partial charge in [0.05, 0.1) is 13.2 Å². The summed E-state index contributed by atoms with van der Waals surface area (Å²) in [5, 5.41) is 5.92. The van der Waals surface area contributed by atoms with Crippen molar-refractivity contribution >= 4 is 41.5 Å². The highest BCUT2D eigenvalue weighted by Crippen LogP contribution is 2.13. The first kappa shape index (κ1) is 22.8. The SMILES string of the molecule is CCOc1ccc(CN(C)C(=NC)NCC(=O)Nc2ccccc2)cc1.I. The normalized spacial score (nSPS) is 10.6. The molecule has 146 valence electrons. The minimum absolute atomic E-state index is 0. The maximum absolute atomic E-state index is 12.1. The molecule has 1 amide bonds. The predicted molar refractivity (Wildman–Crippen MR) is 121 cm³/mol. The second-order valence-electron chi connectivity index (χ2n) is 5.75. The number of nitrogens with one attached hydrogen (secondary N) is 2. The molecule has 0 heterocycles. The standard InChI is InChI=1S/C20H26N4O2.HI/c1-4-26-18-12-10-16(11-13-18)15-24(3)20(21-2)22-14-19(25)23-17-8-6-5-7-9-17;/h5-13H,4,14-15H2,1-3H3,(H,21,22)(H,23,25);1H. The van der Waals surface area contributed by atoms with Crippen molar-refractivity contribution in [2.45, 2.75) is 13.5 Å². The summed E-state index contributed by atoms with van der Waals surface area (Å²) >= 11 is 0. The molecule has 0 aliphatic heterocycles. The van der Waals surface area contributed by atoms with E-state index in [1.54, 1.807) is 7.05 Å². The van der Waals surface area contributed by atoms with Gasteiger partial charge in [0.15, 0.2) is 5.96 Å². The first-order valence-corrected chi connectivity index (χ1v) is 8.60. The molecule has 2 N–H and O–H groups in total. The fourth-order valence-electron chi connectivity index (χ4n) is 2.48. The van der Waals surface area contributed by atoms with Crippen molar-refractivity contribution in [1.82, 2.24) is 10.2 Å². The number of para-hydroxylation sites is 1. The van der Waals surface area contributed by atoms with Crippen molar-refractivity contribution in [1.29, 1.82) is 0 Å². The van der Waals surface area contributed by atoms with Crippen molar-refractivity contribution in [3.05, 3.63) is 60.2 Å². The lowest BCUT2D eigenvalue weighted by atomic mass is 10.2. The minimum atomic E-state index is -0.119. The topological polar surface area (TPSA) is 66.0 Å². The molecule has 2 aromatic carbocycles. The fourth-order valence-corrected chi connectivity index (χ4v) is 2.48. The number of rotatable bonds is 7. The van der Waals surface area contributed by atoms with Crippen LogP contribution in [-0.2, 0) is 11.3 Å². The molecule has 6 nitrogen and oxygen atoms in total. The summed E-state index contributed by atoms with van der Waals surface area (Å²) in [6, 6.07) is 17.3. The first-order chi connectivity index (χ1) is 12.6. The Morgan fingerprint density at radius 2 is 1.78 bits per heavy atom. The number of hydrogen-bond acceptors (Lipinski definition) is 3. The van der Waals surface area contributed by atoms with Crippen LogP contribution >= 0.6 is 24.0 Å². The van der Waals surface area contributed by atoms with Crippen LogP contribution in [0.1, 0.15) is 12.5 Å². The Morgan fingerprint density at radius 3 is 2.37 bits per heavy atom. The Hall–Kier alpha value is -2.29. The van der Waals surface area contributed by atoms with Gasteiger partial charge in [0.25, 0.3) is 0 Å². The van der Waals surface area contributed by atoms with Crippen LogP contribution in [0.25, 0.3) is 0 Å². The number of aliphatic imine (C=N–C) groups is 1. The third-order valence-electron chi connectivity index (χ3n) is 3.69. The van der Waals surface area contributed by atoms with Crippen LogP contribution in [0.3, 0.4) is 0 Å². The Bertz CT molecular complexity index is 721. The highest BCUT2D eigenvalue weighted by Gasteiger charge is 2.09. The molecule has 0 radical (unpaired) electrons. The Kier molecular flexibility index (Phi) is 10.2. The van der Waals surface area contributed by atoms with Crippen LogP contribution in [0.15, 0.2) is 59.6 Å². The van der Waals surface area contributed by atoms with E-state index in [9.17, 15) is 4.79 Å². The van der Waals surface area contributed by atoms with E-state index in [0.717, 1.165) is 17.0 Å². The van der Waals surface area contributed by atoms with Crippen molar-refractivity contribution in [3.8, 4) is 5.75 Å². The van der Waals surface area contributed by atoms with E-state index in [4.69, 9.17) is 4.74 Å². The zero-order valence-corrected chi connectivity index (χ0v) is 18.3. The molecule has 0 saturated carbocycles. The van der Waals surface area contributed by atoms with Crippen LogP contribution in [0, 0.1) is 0 Å². The summed E-state index contributed by atoms with van der Waals surface area (Å²) in [7, 11) is 3.63. The third kappa shape index (κ3) is 7.86. The number of guanidine groups is 1. The number of carbonyl (C=O) groups is 1. The van der Waals surface area contributed by atoms with Gasteiger partial charge in [-0.3, -0.25) is 9.79 Å². The van der Waals surface area contributed by atoms with Crippen LogP contribution in [-0.4, -0.2) is 44.0 Å². The summed E-state index contributed by atoms with van der Waals surface area (Å²) in [4.78, 5) is 18.3. The van der Waals surface area contributed by atoms with Gasteiger partial charge in [-0.25, -0.2) is 0 Å². The van der Waals surface area contributed by atoms with Gasteiger partial charge >= 0.3 is 0 Å². The molecule has 0 spiro atoms. The molecule has 0 saturated heterocycles. The molecule has 0 aromatic heterocycles. The lowest BCUT2D eigenvalue weighted by Crippen LogP contribution is -2.42. The Balaban J connectivity index is 0.00000364. The number of benzene rings is 2. The summed E-state index contributed by atoms with van der Waals surface area (Å²) in [5.74, 6) is 1.40. The fraction of sp³-hybridized carbons (Fsp3) is 0.300. The lowest BCUT2D eigenvalue weighted by molar-refractivity contribution is -0.115. The van der Waals surface area contributed by atoms with Crippen LogP contribution in [0.5, 0.6) is 5.75 Å². The molecule has 27 heavy (non-hydrogen) atoms.